The molecule has 1 aromatic carbocycles. The molecule has 1 N–H and O–H groups in total. The lowest BCUT2D eigenvalue weighted by molar-refractivity contribution is 1.31. The summed E-state index contributed by atoms with van der Waals surface area (Å²) in [5.74, 6) is 0.899. The minimum atomic E-state index is 0.899. The molecule has 72 valence electrons. The summed E-state index contributed by atoms with van der Waals surface area (Å²) in [5.41, 5.74) is 0. The molecule has 0 aliphatic rings. The third kappa shape index (κ3) is 1.86. The van der Waals surface area contributed by atoms with Gasteiger partial charge in [0.1, 0.15) is 5.82 Å². The number of benzene rings is 1. The number of nitrogens with zero attached hydrogens (tertiary/aromatic N) is 1. The first kappa shape index (κ1) is 10.2. The maximum atomic E-state index is 4.26. The Hall–Kier alpha value is -0.360. The SMILES string of the molecule is CNc1cc2cc(I)c(Br)cc2cn1. The summed E-state index contributed by atoms with van der Waals surface area (Å²) in [6, 6.07) is 6.27. The number of rotatable bonds is 1. The lowest BCUT2D eigenvalue weighted by Crippen LogP contribution is -1.91. The van der Waals surface area contributed by atoms with Crippen molar-refractivity contribution in [3.05, 3.63) is 32.4 Å². The zero-order valence-corrected chi connectivity index (χ0v) is 11.3. The van der Waals surface area contributed by atoms with E-state index in [1.54, 1.807) is 0 Å². The Balaban J connectivity index is 2.70. The van der Waals surface area contributed by atoms with Crippen LogP contribution in [-0.2, 0) is 0 Å². The van der Waals surface area contributed by atoms with Gasteiger partial charge in [0.25, 0.3) is 0 Å². The molecule has 4 heteroatoms. The fraction of sp³-hybridized carbons (Fsp3) is 0.100. The van der Waals surface area contributed by atoms with Gasteiger partial charge in [-0.3, -0.25) is 0 Å². The Labute approximate surface area is 104 Å². The molecule has 0 radical (unpaired) electrons. The average Bonchev–Trinajstić information content (AvgIpc) is 2.19. The predicted octanol–water partition coefficient (Wildman–Crippen LogP) is 3.64. The predicted molar refractivity (Wildman–Crippen MR) is 71.7 cm³/mol. The van der Waals surface area contributed by atoms with Gasteiger partial charge in [-0.25, -0.2) is 4.98 Å². The number of hydrogen-bond acceptors (Lipinski definition) is 2. The number of fused-ring (bicyclic) bond motifs is 1. The van der Waals surface area contributed by atoms with Crippen molar-refractivity contribution in [2.75, 3.05) is 12.4 Å². The summed E-state index contributed by atoms with van der Waals surface area (Å²) in [6.07, 6.45) is 1.88. The number of hydrogen-bond donors (Lipinski definition) is 1. The normalized spacial score (nSPS) is 10.5. The van der Waals surface area contributed by atoms with Gasteiger partial charge < -0.3 is 5.32 Å². The molecule has 2 rings (SSSR count). The summed E-state index contributed by atoms with van der Waals surface area (Å²) >= 11 is 5.81. The van der Waals surface area contributed by atoms with Crippen molar-refractivity contribution in [3.8, 4) is 0 Å². The van der Waals surface area contributed by atoms with E-state index in [1.165, 1.54) is 8.96 Å². The monoisotopic (exact) mass is 362 g/mol. The van der Waals surface area contributed by atoms with Crippen LogP contribution in [0, 0.1) is 3.57 Å². The molecule has 0 spiro atoms. The first-order valence-corrected chi connectivity index (χ1v) is 6.00. The van der Waals surface area contributed by atoms with E-state index < -0.39 is 0 Å². The van der Waals surface area contributed by atoms with Gasteiger partial charge >= 0.3 is 0 Å². The Bertz CT molecular complexity index is 485. The summed E-state index contributed by atoms with van der Waals surface area (Å²) < 4.78 is 2.33. The van der Waals surface area contributed by atoms with Gasteiger partial charge in [0.05, 0.1) is 0 Å². The van der Waals surface area contributed by atoms with E-state index >= 15 is 0 Å². The quantitative estimate of drug-likeness (QED) is 0.783. The summed E-state index contributed by atoms with van der Waals surface area (Å²) in [7, 11) is 1.87. The molecule has 0 saturated heterocycles. The minimum absolute atomic E-state index is 0.899. The fourth-order valence-corrected chi connectivity index (χ4v) is 2.13. The van der Waals surface area contributed by atoms with Crippen molar-refractivity contribution in [2.24, 2.45) is 0 Å². The fourth-order valence-electron chi connectivity index (χ4n) is 1.27. The third-order valence-corrected chi connectivity index (χ3v) is 4.31. The van der Waals surface area contributed by atoms with Gasteiger partial charge in [0.2, 0.25) is 0 Å². The largest absolute Gasteiger partial charge is 0.373 e. The first-order valence-electron chi connectivity index (χ1n) is 4.13. The number of halogens is 2. The van der Waals surface area contributed by atoms with Gasteiger partial charge in [-0.2, -0.15) is 0 Å². The Morgan fingerprint density at radius 3 is 2.79 bits per heavy atom. The molecular formula is C10H8BrIN2. The van der Waals surface area contributed by atoms with Crippen LogP contribution >= 0.6 is 38.5 Å². The van der Waals surface area contributed by atoms with Crippen LogP contribution < -0.4 is 5.32 Å². The van der Waals surface area contributed by atoms with E-state index in [2.05, 4.69) is 61.0 Å². The standard InChI is InChI=1S/C10H8BrIN2/c1-13-10-4-6-3-9(12)8(11)2-7(6)5-14-10/h2-5H,1H3,(H,13,14). The lowest BCUT2D eigenvalue weighted by Gasteiger charge is -2.03. The topological polar surface area (TPSA) is 24.9 Å². The molecule has 0 aliphatic heterocycles. The van der Waals surface area contributed by atoms with Crippen molar-refractivity contribution < 1.29 is 0 Å². The molecule has 14 heavy (non-hydrogen) atoms. The number of pyridine rings is 1. The molecule has 0 saturated carbocycles. The van der Waals surface area contributed by atoms with E-state index in [0.29, 0.717) is 0 Å². The van der Waals surface area contributed by atoms with Crippen LogP contribution in [-0.4, -0.2) is 12.0 Å². The van der Waals surface area contributed by atoms with Crippen LogP contribution in [0.15, 0.2) is 28.9 Å². The van der Waals surface area contributed by atoms with Gasteiger partial charge in [-0.05, 0) is 62.1 Å². The van der Waals surface area contributed by atoms with E-state index in [9.17, 15) is 0 Å². The smallest absolute Gasteiger partial charge is 0.126 e. The number of anilines is 1. The van der Waals surface area contributed by atoms with Gasteiger partial charge in [0, 0.05) is 26.7 Å². The van der Waals surface area contributed by atoms with Crippen molar-refractivity contribution in [2.45, 2.75) is 0 Å². The molecule has 0 unspecified atom stereocenters. The molecule has 0 bridgehead atoms. The van der Waals surface area contributed by atoms with Crippen LogP contribution in [0.2, 0.25) is 0 Å². The zero-order valence-electron chi connectivity index (χ0n) is 7.51. The highest BCUT2D eigenvalue weighted by Crippen LogP contribution is 2.26. The Kier molecular flexibility index (Phi) is 2.92. The maximum Gasteiger partial charge on any atom is 0.126 e. The van der Waals surface area contributed by atoms with E-state index in [4.69, 9.17) is 0 Å². The average molecular weight is 363 g/mol. The van der Waals surface area contributed by atoms with Crippen LogP contribution in [0.5, 0.6) is 0 Å². The van der Waals surface area contributed by atoms with Gasteiger partial charge in [0.15, 0.2) is 0 Å². The van der Waals surface area contributed by atoms with Crippen molar-refractivity contribution in [3.63, 3.8) is 0 Å². The van der Waals surface area contributed by atoms with Crippen molar-refractivity contribution in [1.29, 1.82) is 0 Å². The van der Waals surface area contributed by atoms with E-state index in [0.717, 1.165) is 15.7 Å². The second-order valence-electron chi connectivity index (χ2n) is 2.93. The molecule has 2 nitrogen and oxygen atoms in total. The lowest BCUT2D eigenvalue weighted by atomic mass is 10.2. The molecule has 2 aromatic rings. The molecule has 0 amide bonds. The maximum absolute atomic E-state index is 4.26. The van der Waals surface area contributed by atoms with E-state index in [1.807, 2.05) is 19.3 Å². The van der Waals surface area contributed by atoms with Gasteiger partial charge in [-0.1, -0.05) is 0 Å². The summed E-state index contributed by atoms with van der Waals surface area (Å²) in [5, 5.41) is 5.38. The second-order valence-corrected chi connectivity index (χ2v) is 4.95. The second kappa shape index (κ2) is 4.02. The van der Waals surface area contributed by atoms with Gasteiger partial charge in [-0.15, -0.1) is 0 Å². The summed E-state index contributed by atoms with van der Waals surface area (Å²) in [4.78, 5) is 4.26. The van der Waals surface area contributed by atoms with E-state index in [-0.39, 0.29) is 0 Å². The minimum Gasteiger partial charge on any atom is -0.373 e. The zero-order chi connectivity index (χ0) is 10.1. The summed E-state index contributed by atoms with van der Waals surface area (Å²) in [6.45, 7) is 0. The highest BCUT2D eigenvalue weighted by molar-refractivity contribution is 14.1. The van der Waals surface area contributed by atoms with Crippen LogP contribution in [0.25, 0.3) is 10.8 Å². The third-order valence-electron chi connectivity index (χ3n) is 2.02. The van der Waals surface area contributed by atoms with Crippen LogP contribution in [0.4, 0.5) is 5.82 Å². The highest BCUT2D eigenvalue weighted by Gasteiger charge is 2.01. The Morgan fingerprint density at radius 1 is 1.29 bits per heavy atom. The van der Waals surface area contributed by atoms with Crippen LogP contribution in [0.1, 0.15) is 0 Å². The van der Waals surface area contributed by atoms with Crippen molar-refractivity contribution >= 4 is 55.1 Å². The molecule has 0 atom stereocenters. The van der Waals surface area contributed by atoms with Crippen LogP contribution in [0.3, 0.4) is 0 Å². The molecule has 0 aliphatic carbocycles. The molecule has 1 heterocycles. The van der Waals surface area contributed by atoms with Crippen molar-refractivity contribution in [1.82, 2.24) is 4.98 Å². The first-order chi connectivity index (χ1) is 6.70. The molecule has 0 fully saturated rings. The number of nitrogens with one attached hydrogen (secondary N) is 1. The Morgan fingerprint density at radius 2 is 2.07 bits per heavy atom. The highest BCUT2D eigenvalue weighted by atomic mass is 127. The molecule has 1 aromatic heterocycles. The number of aromatic nitrogens is 1. The molecular weight excluding hydrogens is 355 g/mol.